The molecule has 2 heterocycles. The number of benzene rings is 1. The van der Waals surface area contributed by atoms with Crippen molar-refractivity contribution in [2.75, 3.05) is 13.2 Å². The second kappa shape index (κ2) is 6.35. The molecule has 0 N–H and O–H groups in total. The van der Waals surface area contributed by atoms with Gasteiger partial charge in [0.25, 0.3) is 0 Å². The summed E-state index contributed by atoms with van der Waals surface area (Å²) in [6, 6.07) is 2.82. The molecule has 3 nitrogen and oxygen atoms in total. The highest BCUT2D eigenvalue weighted by molar-refractivity contribution is 5.76. The number of halogens is 4. The van der Waals surface area contributed by atoms with Gasteiger partial charge in [-0.1, -0.05) is 6.07 Å². The number of carbonyl (C=O) groups excluding carboxylic acids is 1. The Morgan fingerprint density at radius 1 is 1.21 bits per heavy atom. The number of amides is 1. The first-order valence-corrected chi connectivity index (χ1v) is 8.06. The molecule has 24 heavy (non-hydrogen) atoms. The highest BCUT2D eigenvalue weighted by Gasteiger charge is 2.39. The summed E-state index contributed by atoms with van der Waals surface area (Å²) in [6.07, 6.45) is -1.07. The number of hydrogen-bond donors (Lipinski definition) is 0. The molecule has 2 fully saturated rings. The predicted octanol–water partition coefficient (Wildman–Crippen LogP) is 3.91. The Morgan fingerprint density at radius 3 is 2.62 bits per heavy atom. The van der Waals surface area contributed by atoms with Crippen molar-refractivity contribution < 1.29 is 27.1 Å². The molecule has 0 saturated carbocycles. The molecule has 0 radical (unpaired) electrons. The maximum Gasteiger partial charge on any atom is 0.419 e. The van der Waals surface area contributed by atoms with Gasteiger partial charge in [-0.2, -0.15) is 13.2 Å². The van der Waals surface area contributed by atoms with Crippen LogP contribution in [0.2, 0.25) is 0 Å². The number of rotatable bonds is 2. The topological polar surface area (TPSA) is 29.5 Å². The molecule has 1 amide bonds. The maximum atomic E-state index is 13.7. The first-order chi connectivity index (χ1) is 11.3. The number of ether oxygens (including phenoxy) is 1. The minimum absolute atomic E-state index is 0.0670. The SMILES string of the molecule is O=C1CC[C@]2(CCCO2)CCN1Cc1ccc(C(F)(F)F)c(F)c1. The van der Waals surface area contributed by atoms with Crippen LogP contribution in [0, 0.1) is 5.82 Å². The van der Waals surface area contributed by atoms with Gasteiger partial charge in [-0.15, -0.1) is 0 Å². The summed E-state index contributed by atoms with van der Waals surface area (Å²) in [5.74, 6) is -1.37. The van der Waals surface area contributed by atoms with Crippen molar-refractivity contribution in [3.05, 3.63) is 35.1 Å². The van der Waals surface area contributed by atoms with Gasteiger partial charge in [-0.05, 0) is 43.4 Å². The van der Waals surface area contributed by atoms with Gasteiger partial charge < -0.3 is 9.64 Å². The molecule has 0 unspecified atom stereocenters. The normalized spacial score (nSPS) is 25.3. The number of likely N-dealkylation sites (tertiary alicyclic amines) is 1. The summed E-state index contributed by atoms with van der Waals surface area (Å²) >= 11 is 0. The van der Waals surface area contributed by atoms with Crippen LogP contribution in [0.5, 0.6) is 0 Å². The molecule has 2 aliphatic heterocycles. The molecular formula is C17H19F4NO2. The van der Waals surface area contributed by atoms with E-state index in [4.69, 9.17) is 4.74 Å². The van der Waals surface area contributed by atoms with E-state index in [2.05, 4.69) is 0 Å². The molecule has 0 aromatic heterocycles. The van der Waals surface area contributed by atoms with Gasteiger partial charge in [-0.25, -0.2) is 4.39 Å². The van der Waals surface area contributed by atoms with Gasteiger partial charge >= 0.3 is 6.18 Å². The number of nitrogens with zero attached hydrogens (tertiary/aromatic N) is 1. The molecule has 2 saturated heterocycles. The van der Waals surface area contributed by atoms with E-state index >= 15 is 0 Å². The zero-order valence-electron chi connectivity index (χ0n) is 13.2. The van der Waals surface area contributed by atoms with Crippen molar-refractivity contribution in [3.8, 4) is 0 Å². The summed E-state index contributed by atoms with van der Waals surface area (Å²) in [7, 11) is 0. The first-order valence-electron chi connectivity index (χ1n) is 8.06. The van der Waals surface area contributed by atoms with Gasteiger partial charge in [0.05, 0.1) is 11.2 Å². The molecule has 1 atom stereocenters. The molecule has 132 valence electrons. The Bertz CT molecular complexity index is 624. The lowest BCUT2D eigenvalue weighted by molar-refractivity contribution is -0.140. The number of alkyl halides is 3. The summed E-state index contributed by atoms with van der Waals surface area (Å²) in [6.45, 7) is 1.30. The van der Waals surface area contributed by atoms with E-state index in [0.29, 0.717) is 38.0 Å². The molecule has 1 spiro atoms. The summed E-state index contributed by atoms with van der Waals surface area (Å²) in [5, 5.41) is 0. The van der Waals surface area contributed by atoms with Crippen LogP contribution in [-0.4, -0.2) is 29.6 Å². The molecular weight excluding hydrogens is 326 g/mol. The lowest BCUT2D eigenvalue weighted by atomic mass is 9.92. The van der Waals surface area contributed by atoms with Crippen LogP contribution < -0.4 is 0 Å². The maximum absolute atomic E-state index is 13.7. The van der Waals surface area contributed by atoms with Gasteiger partial charge in [-0.3, -0.25) is 4.79 Å². The van der Waals surface area contributed by atoms with Gasteiger partial charge in [0.2, 0.25) is 5.91 Å². The van der Waals surface area contributed by atoms with Crippen LogP contribution in [0.4, 0.5) is 17.6 Å². The fourth-order valence-electron chi connectivity index (χ4n) is 3.51. The molecule has 0 aliphatic carbocycles. The lowest BCUT2D eigenvalue weighted by Crippen LogP contribution is -2.32. The summed E-state index contributed by atoms with van der Waals surface area (Å²) in [5.41, 5.74) is -1.17. The Labute approximate surface area is 137 Å². The predicted molar refractivity (Wildman–Crippen MR) is 78.6 cm³/mol. The standard InChI is InChI=1S/C17H19F4NO2/c18-14-10-12(2-3-13(14)17(19,20)21)11-22-8-7-16(5-1-9-24-16)6-4-15(22)23/h2-3,10H,1,4-9,11H2/t16-/m1/s1. The Kier molecular flexibility index (Phi) is 4.55. The largest absolute Gasteiger partial charge is 0.419 e. The van der Waals surface area contributed by atoms with Gasteiger partial charge in [0.1, 0.15) is 5.82 Å². The minimum atomic E-state index is -4.72. The van der Waals surface area contributed by atoms with Crippen molar-refractivity contribution in [2.24, 2.45) is 0 Å². The molecule has 1 aromatic rings. The van der Waals surface area contributed by atoms with Crippen LogP contribution in [0.15, 0.2) is 18.2 Å². The minimum Gasteiger partial charge on any atom is -0.375 e. The number of carbonyl (C=O) groups is 1. The van der Waals surface area contributed by atoms with Crippen LogP contribution in [0.3, 0.4) is 0 Å². The van der Waals surface area contributed by atoms with E-state index in [1.807, 2.05) is 0 Å². The third-order valence-corrected chi connectivity index (χ3v) is 4.88. The van der Waals surface area contributed by atoms with Crippen LogP contribution in [0.25, 0.3) is 0 Å². The third-order valence-electron chi connectivity index (χ3n) is 4.88. The van der Waals surface area contributed by atoms with Crippen molar-refractivity contribution in [3.63, 3.8) is 0 Å². The third kappa shape index (κ3) is 3.55. The van der Waals surface area contributed by atoms with Gasteiger partial charge in [0, 0.05) is 26.1 Å². The molecule has 3 rings (SSSR count). The molecule has 0 bridgehead atoms. The highest BCUT2D eigenvalue weighted by atomic mass is 19.4. The van der Waals surface area contributed by atoms with E-state index < -0.39 is 17.6 Å². The first kappa shape index (κ1) is 17.2. The average molecular weight is 345 g/mol. The van der Waals surface area contributed by atoms with E-state index in [1.165, 1.54) is 6.07 Å². The van der Waals surface area contributed by atoms with E-state index in [-0.39, 0.29) is 18.1 Å². The van der Waals surface area contributed by atoms with Crippen molar-refractivity contribution in [1.29, 1.82) is 0 Å². The van der Waals surface area contributed by atoms with Crippen LogP contribution in [-0.2, 0) is 22.3 Å². The van der Waals surface area contributed by atoms with Gasteiger partial charge in [0.15, 0.2) is 0 Å². The van der Waals surface area contributed by atoms with E-state index in [9.17, 15) is 22.4 Å². The second-order valence-electron chi connectivity index (χ2n) is 6.51. The molecule has 2 aliphatic rings. The second-order valence-corrected chi connectivity index (χ2v) is 6.51. The van der Waals surface area contributed by atoms with Crippen molar-refractivity contribution >= 4 is 5.91 Å². The lowest BCUT2D eigenvalue weighted by Gasteiger charge is -2.26. The fourth-order valence-corrected chi connectivity index (χ4v) is 3.51. The monoisotopic (exact) mass is 345 g/mol. The van der Waals surface area contributed by atoms with Crippen LogP contribution in [0.1, 0.15) is 43.2 Å². The number of hydrogen-bond acceptors (Lipinski definition) is 2. The smallest absolute Gasteiger partial charge is 0.375 e. The average Bonchev–Trinajstić information content (AvgIpc) is 2.91. The molecule has 1 aromatic carbocycles. The van der Waals surface area contributed by atoms with Crippen LogP contribution >= 0.6 is 0 Å². The zero-order valence-corrected chi connectivity index (χ0v) is 13.2. The van der Waals surface area contributed by atoms with Crippen molar-refractivity contribution in [2.45, 2.75) is 50.4 Å². The summed E-state index contributed by atoms with van der Waals surface area (Å²) < 4.78 is 57.3. The Balaban J connectivity index is 1.71. The van der Waals surface area contributed by atoms with E-state index in [1.54, 1.807) is 4.90 Å². The molecule has 7 heteroatoms. The fraction of sp³-hybridized carbons (Fsp3) is 0.588. The summed E-state index contributed by atoms with van der Waals surface area (Å²) in [4.78, 5) is 13.8. The Morgan fingerprint density at radius 2 is 2.00 bits per heavy atom. The Hall–Kier alpha value is -1.63. The highest BCUT2D eigenvalue weighted by Crippen LogP contribution is 2.36. The quantitative estimate of drug-likeness (QED) is 0.761. The van der Waals surface area contributed by atoms with Crippen molar-refractivity contribution in [1.82, 2.24) is 4.90 Å². The van der Waals surface area contributed by atoms with E-state index in [0.717, 1.165) is 25.0 Å². The zero-order chi connectivity index (χ0) is 17.4.